The van der Waals surface area contributed by atoms with Crippen LogP contribution >= 0.6 is 0 Å². The maximum Gasteiger partial charge on any atom is 0.0626 e. The largest absolute Gasteiger partial charge is 0.198 e. The molecule has 50 valence electrons. The Kier molecular flexibility index (Phi) is 2.02. The molecule has 1 nitrogen and oxygen atoms in total. The second-order valence-corrected chi connectivity index (χ2v) is 2.05. The second kappa shape index (κ2) is 3.68. The van der Waals surface area contributed by atoms with Crippen molar-refractivity contribution >= 4 is 0 Å². The van der Waals surface area contributed by atoms with Gasteiger partial charge >= 0.3 is 0 Å². The van der Waals surface area contributed by atoms with Gasteiger partial charge in [-0.05, 0) is 12.0 Å². The predicted octanol–water partition coefficient (Wildman–Crippen LogP) is 2.14. The summed E-state index contributed by atoms with van der Waals surface area (Å²) in [6.07, 6.45) is 1.19. The van der Waals surface area contributed by atoms with Crippen LogP contribution in [0.4, 0.5) is 0 Å². The zero-order chi connectivity index (χ0) is 8.10. The molecule has 0 saturated carbocycles. The minimum Gasteiger partial charge on any atom is -0.198 e. The van der Waals surface area contributed by atoms with Gasteiger partial charge in [0, 0.05) is 6.42 Å². The average molecular weight is 132 g/mol. The van der Waals surface area contributed by atoms with Crippen LogP contribution in [0.1, 0.15) is 13.4 Å². The zero-order valence-electron chi connectivity index (χ0n) is 6.67. The molecule has 1 aromatic rings. The van der Waals surface area contributed by atoms with Crippen LogP contribution in [-0.4, -0.2) is 0 Å². The van der Waals surface area contributed by atoms with Crippen molar-refractivity contribution in [2.75, 3.05) is 0 Å². The molecule has 10 heavy (non-hydrogen) atoms. The van der Waals surface area contributed by atoms with Crippen LogP contribution in [-0.2, 0) is 6.42 Å². The minimum atomic E-state index is 0.496. The van der Waals surface area contributed by atoms with Crippen LogP contribution in [0.5, 0.6) is 0 Å². The molecule has 0 aliphatic carbocycles. The average Bonchev–Trinajstić information content (AvgIpc) is 2.03. The SMILES string of the molecule is [2H]c1ccccc1CCC#N. The molecule has 1 aromatic carbocycles. The Morgan fingerprint density at radius 3 is 3.10 bits per heavy atom. The Bertz CT molecular complexity index is 275. The van der Waals surface area contributed by atoms with Gasteiger partial charge in [0.05, 0.1) is 7.44 Å². The third-order valence-electron chi connectivity index (χ3n) is 1.28. The maximum atomic E-state index is 8.31. The van der Waals surface area contributed by atoms with Crippen molar-refractivity contribution in [2.24, 2.45) is 0 Å². The monoisotopic (exact) mass is 132 g/mol. The first-order chi connectivity index (χ1) is 5.34. The lowest BCUT2D eigenvalue weighted by molar-refractivity contribution is 1.01. The molecule has 0 fully saturated rings. The van der Waals surface area contributed by atoms with Gasteiger partial charge in [0.2, 0.25) is 0 Å². The van der Waals surface area contributed by atoms with E-state index in [0.29, 0.717) is 18.9 Å². The molecule has 0 saturated heterocycles. The van der Waals surface area contributed by atoms with Crippen molar-refractivity contribution in [3.63, 3.8) is 0 Å². The Morgan fingerprint density at radius 1 is 1.50 bits per heavy atom. The van der Waals surface area contributed by atoms with Crippen LogP contribution in [0, 0.1) is 11.3 Å². The third-order valence-corrected chi connectivity index (χ3v) is 1.28. The fourth-order valence-corrected chi connectivity index (χ4v) is 0.777. The molecule has 0 bridgehead atoms. The van der Waals surface area contributed by atoms with E-state index in [1.165, 1.54) is 0 Å². The summed E-state index contributed by atoms with van der Waals surface area (Å²) in [5.74, 6) is 0. The highest BCUT2D eigenvalue weighted by atomic mass is 14.2. The fourth-order valence-electron chi connectivity index (χ4n) is 0.777. The minimum absolute atomic E-state index is 0.496. The molecular weight excluding hydrogens is 122 g/mol. The fraction of sp³-hybridized carbons (Fsp3) is 0.222. The van der Waals surface area contributed by atoms with Crippen molar-refractivity contribution in [3.05, 3.63) is 35.9 Å². The molecule has 0 aromatic heterocycles. The summed E-state index contributed by atoms with van der Waals surface area (Å²) in [4.78, 5) is 0. The molecule has 1 heteroatoms. The van der Waals surface area contributed by atoms with E-state index in [1.807, 2.05) is 18.2 Å². The summed E-state index contributed by atoms with van der Waals surface area (Å²) in [5, 5.41) is 8.31. The number of nitriles is 1. The van der Waals surface area contributed by atoms with Crippen LogP contribution in [0.3, 0.4) is 0 Å². The quantitative estimate of drug-likeness (QED) is 0.604. The topological polar surface area (TPSA) is 23.8 Å². The van der Waals surface area contributed by atoms with E-state index in [-0.39, 0.29) is 0 Å². The van der Waals surface area contributed by atoms with Gasteiger partial charge in [-0.3, -0.25) is 0 Å². The molecule has 0 unspecified atom stereocenters. The molecule has 0 N–H and O–H groups in total. The highest BCUT2D eigenvalue weighted by Gasteiger charge is 1.87. The molecular formula is C9H9N. The molecule has 0 amide bonds. The van der Waals surface area contributed by atoms with E-state index in [0.717, 1.165) is 5.56 Å². The molecule has 0 radical (unpaired) electrons. The van der Waals surface area contributed by atoms with E-state index in [9.17, 15) is 0 Å². The van der Waals surface area contributed by atoms with Crippen molar-refractivity contribution in [1.82, 2.24) is 0 Å². The normalized spacial score (nSPS) is 10.1. The summed E-state index contributed by atoms with van der Waals surface area (Å²) < 4.78 is 7.44. The van der Waals surface area contributed by atoms with E-state index < -0.39 is 0 Å². The molecule has 0 aliphatic heterocycles. The van der Waals surface area contributed by atoms with Crippen LogP contribution in [0.2, 0.25) is 0 Å². The van der Waals surface area contributed by atoms with Crippen molar-refractivity contribution in [2.45, 2.75) is 12.8 Å². The van der Waals surface area contributed by atoms with Gasteiger partial charge in [0.25, 0.3) is 0 Å². The number of benzene rings is 1. The van der Waals surface area contributed by atoms with E-state index >= 15 is 0 Å². The number of hydrogen-bond acceptors (Lipinski definition) is 1. The predicted molar refractivity (Wildman–Crippen MR) is 40.4 cm³/mol. The lowest BCUT2D eigenvalue weighted by Crippen LogP contribution is -1.80. The van der Waals surface area contributed by atoms with Gasteiger partial charge in [0.1, 0.15) is 0 Å². The third kappa shape index (κ3) is 1.91. The van der Waals surface area contributed by atoms with E-state index in [4.69, 9.17) is 6.63 Å². The summed E-state index contributed by atoms with van der Waals surface area (Å²) in [7, 11) is 0. The highest BCUT2D eigenvalue weighted by molar-refractivity contribution is 5.15. The summed E-state index contributed by atoms with van der Waals surface area (Å²) in [5.41, 5.74) is 0.953. The summed E-state index contributed by atoms with van der Waals surface area (Å²) >= 11 is 0. The van der Waals surface area contributed by atoms with E-state index in [2.05, 4.69) is 6.07 Å². The molecule has 0 atom stereocenters. The first-order valence-electron chi connectivity index (χ1n) is 3.76. The maximum absolute atomic E-state index is 8.31. The Balaban J connectivity index is 2.71. The number of hydrogen-bond donors (Lipinski definition) is 0. The van der Waals surface area contributed by atoms with Crippen molar-refractivity contribution < 1.29 is 1.37 Å². The number of nitrogens with zero attached hydrogens (tertiary/aromatic N) is 1. The van der Waals surface area contributed by atoms with Gasteiger partial charge in [0.15, 0.2) is 0 Å². The number of rotatable bonds is 2. The van der Waals surface area contributed by atoms with Gasteiger partial charge in [-0.25, -0.2) is 0 Å². The van der Waals surface area contributed by atoms with Gasteiger partial charge < -0.3 is 0 Å². The zero-order valence-corrected chi connectivity index (χ0v) is 5.67. The van der Waals surface area contributed by atoms with Gasteiger partial charge in [-0.1, -0.05) is 30.3 Å². The Labute approximate surface area is 62.3 Å². The summed E-state index contributed by atoms with van der Waals surface area (Å²) in [6.45, 7) is 0. The first-order valence-corrected chi connectivity index (χ1v) is 3.26. The van der Waals surface area contributed by atoms with Crippen LogP contribution < -0.4 is 0 Å². The van der Waals surface area contributed by atoms with E-state index in [1.54, 1.807) is 6.07 Å². The lowest BCUT2D eigenvalue weighted by atomic mass is 10.1. The standard InChI is InChI=1S/C9H9N/c10-8-4-7-9-5-2-1-3-6-9/h1-3,5-6H,4,7H2/i5D. The molecule has 0 spiro atoms. The Morgan fingerprint density at radius 2 is 2.40 bits per heavy atom. The summed E-state index contributed by atoms with van der Waals surface area (Å²) in [6, 6.07) is 9.95. The second-order valence-electron chi connectivity index (χ2n) is 2.05. The Hall–Kier alpha value is -1.29. The van der Waals surface area contributed by atoms with Crippen molar-refractivity contribution in [1.29, 1.82) is 5.26 Å². The number of aryl methyl sites for hydroxylation is 1. The highest BCUT2D eigenvalue weighted by Crippen LogP contribution is 2.00. The first kappa shape index (κ1) is 5.49. The van der Waals surface area contributed by atoms with Gasteiger partial charge in [-0.15, -0.1) is 0 Å². The molecule has 0 heterocycles. The van der Waals surface area contributed by atoms with Crippen LogP contribution in [0.15, 0.2) is 30.3 Å². The molecule has 0 aliphatic rings. The van der Waals surface area contributed by atoms with Crippen molar-refractivity contribution in [3.8, 4) is 6.07 Å². The van der Waals surface area contributed by atoms with Crippen LogP contribution in [0.25, 0.3) is 0 Å². The lowest BCUT2D eigenvalue weighted by Gasteiger charge is -1.92. The molecule has 1 rings (SSSR count). The smallest absolute Gasteiger partial charge is 0.0626 e. The van der Waals surface area contributed by atoms with Gasteiger partial charge in [-0.2, -0.15) is 5.26 Å².